The van der Waals surface area contributed by atoms with E-state index in [1.165, 1.54) is 12.1 Å². The highest BCUT2D eigenvalue weighted by molar-refractivity contribution is 7.15. The van der Waals surface area contributed by atoms with Crippen LogP contribution in [0.3, 0.4) is 0 Å². The van der Waals surface area contributed by atoms with Gasteiger partial charge in [-0.15, -0.1) is 11.3 Å². The first-order chi connectivity index (χ1) is 7.08. The van der Waals surface area contributed by atoms with Crippen molar-refractivity contribution in [1.29, 1.82) is 0 Å². The summed E-state index contributed by atoms with van der Waals surface area (Å²) < 4.78 is 13.2. The van der Waals surface area contributed by atoms with E-state index in [0.29, 0.717) is 11.3 Å². The SMILES string of the molecule is Cc1ccc(-c2cc(F)cc(Cl)c2N)s1. The van der Waals surface area contributed by atoms with Crippen LogP contribution >= 0.6 is 22.9 Å². The number of hydrogen-bond donors (Lipinski definition) is 1. The molecular formula is C11H9ClFNS. The van der Waals surface area contributed by atoms with Gasteiger partial charge in [0.1, 0.15) is 5.82 Å². The molecular weight excluding hydrogens is 233 g/mol. The van der Waals surface area contributed by atoms with E-state index >= 15 is 0 Å². The second kappa shape index (κ2) is 3.83. The summed E-state index contributed by atoms with van der Waals surface area (Å²) >= 11 is 7.38. The summed E-state index contributed by atoms with van der Waals surface area (Å²) in [6.07, 6.45) is 0. The highest BCUT2D eigenvalue weighted by Gasteiger charge is 2.10. The largest absolute Gasteiger partial charge is 0.397 e. The van der Waals surface area contributed by atoms with E-state index in [0.717, 1.165) is 9.75 Å². The van der Waals surface area contributed by atoms with Gasteiger partial charge in [0.15, 0.2) is 0 Å². The van der Waals surface area contributed by atoms with Gasteiger partial charge in [-0.3, -0.25) is 0 Å². The molecule has 0 aliphatic rings. The molecule has 2 N–H and O–H groups in total. The number of rotatable bonds is 1. The molecule has 0 unspecified atom stereocenters. The Hall–Kier alpha value is -1.06. The topological polar surface area (TPSA) is 26.0 Å². The van der Waals surface area contributed by atoms with E-state index < -0.39 is 0 Å². The number of nitrogen functional groups attached to an aromatic ring is 1. The zero-order valence-corrected chi connectivity index (χ0v) is 9.62. The van der Waals surface area contributed by atoms with Crippen LogP contribution in [0, 0.1) is 12.7 Å². The van der Waals surface area contributed by atoms with Crippen LogP contribution in [0.2, 0.25) is 5.02 Å². The molecule has 0 aliphatic carbocycles. The number of nitrogens with two attached hydrogens (primary N) is 1. The number of anilines is 1. The van der Waals surface area contributed by atoms with Crippen LogP contribution in [-0.2, 0) is 0 Å². The number of hydrogen-bond acceptors (Lipinski definition) is 2. The molecule has 0 bridgehead atoms. The van der Waals surface area contributed by atoms with E-state index in [2.05, 4.69) is 0 Å². The lowest BCUT2D eigenvalue weighted by atomic mass is 10.1. The zero-order valence-electron chi connectivity index (χ0n) is 8.05. The van der Waals surface area contributed by atoms with Crippen molar-refractivity contribution in [3.8, 4) is 10.4 Å². The summed E-state index contributed by atoms with van der Waals surface area (Å²) in [6, 6.07) is 6.52. The van der Waals surface area contributed by atoms with Crippen molar-refractivity contribution in [2.24, 2.45) is 0 Å². The normalized spacial score (nSPS) is 10.6. The van der Waals surface area contributed by atoms with Crippen molar-refractivity contribution in [3.63, 3.8) is 0 Å². The second-order valence-corrected chi connectivity index (χ2v) is 4.95. The molecule has 1 nitrogen and oxygen atoms in total. The Morgan fingerprint density at radius 3 is 2.67 bits per heavy atom. The van der Waals surface area contributed by atoms with E-state index in [-0.39, 0.29) is 10.8 Å². The predicted molar refractivity (Wildman–Crippen MR) is 63.9 cm³/mol. The molecule has 0 saturated heterocycles. The van der Waals surface area contributed by atoms with Gasteiger partial charge in [-0.25, -0.2) is 4.39 Å². The molecule has 0 spiro atoms. The molecule has 1 aromatic heterocycles. The summed E-state index contributed by atoms with van der Waals surface area (Å²) in [7, 11) is 0. The summed E-state index contributed by atoms with van der Waals surface area (Å²) in [5.41, 5.74) is 6.90. The summed E-state index contributed by atoms with van der Waals surface area (Å²) in [6.45, 7) is 1.99. The zero-order chi connectivity index (χ0) is 11.0. The van der Waals surface area contributed by atoms with E-state index in [1.807, 2.05) is 19.1 Å². The monoisotopic (exact) mass is 241 g/mol. The van der Waals surface area contributed by atoms with Gasteiger partial charge < -0.3 is 5.73 Å². The predicted octanol–water partition coefficient (Wildman–Crippen LogP) is 4.10. The van der Waals surface area contributed by atoms with Gasteiger partial charge in [-0.2, -0.15) is 0 Å². The first-order valence-corrected chi connectivity index (χ1v) is 5.58. The quantitative estimate of drug-likeness (QED) is 0.748. The van der Waals surface area contributed by atoms with Crippen molar-refractivity contribution in [2.75, 3.05) is 5.73 Å². The first-order valence-electron chi connectivity index (χ1n) is 4.39. The van der Waals surface area contributed by atoms with Gasteiger partial charge in [0.05, 0.1) is 10.7 Å². The molecule has 0 saturated carbocycles. The van der Waals surface area contributed by atoms with E-state index in [4.69, 9.17) is 17.3 Å². The Bertz CT molecular complexity index is 507. The van der Waals surface area contributed by atoms with Crippen molar-refractivity contribution < 1.29 is 4.39 Å². The Morgan fingerprint density at radius 2 is 2.07 bits per heavy atom. The standard InChI is InChI=1S/C11H9ClFNS/c1-6-2-3-10(15-6)8-4-7(13)5-9(12)11(8)14/h2-5H,14H2,1H3. The minimum atomic E-state index is -0.366. The van der Waals surface area contributed by atoms with Crippen LogP contribution in [0.15, 0.2) is 24.3 Å². The van der Waals surface area contributed by atoms with Crippen LogP contribution in [0.5, 0.6) is 0 Å². The lowest BCUT2D eigenvalue weighted by Gasteiger charge is -2.05. The molecule has 0 radical (unpaired) electrons. The maximum Gasteiger partial charge on any atom is 0.125 e. The lowest BCUT2D eigenvalue weighted by Crippen LogP contribution is -1.91. The number of aryl methyl sites for hydroxylation is 1. The van der Waals surface area contributed by atoms with Crippen LogP contribution in [-0.4, -0.2) is 0 Å². The van der Waals surface area contributed by atoms with Crippen LogP contribution < -0.4 is 5.73 Å². The van der Waals surface area contributed by atoms with Gasteiger partial charge in [0.2, 0.25) is 0 Å². The molecule has 15 heavy (non-hydrogen) atoms. The highest BCUT2D eigenvalue weighted by atomic mass is 35.5. The van der Waals surface area contributed by atoms with Crippen molar-refractivity contribution in [3.05, 3.63) is 40.0 Å². The minimum absolute atomic E-state index is 0.260. The molecule has 0 fully saturated rings. The average Bonchev–Trinajstić information content (AvgIpc) is 2.58. The molecule has 0 aliphatic heterocycles. The molecule has 2 aromatic rings. The molecule has 78 valence electrons. The number of thiophene rings is 1. The molecule has 2 rings (SSSR count). The van der Waals surface area contributed by atoms with Crippen molar-refractivity contribution in [2.45, 2.75) is 6.92 Å². The minimum Gasteiger partial charge on any atom is -0.397 e. The molecule has 0 atom stereocenters. The maximum absolute atomic E-state index is 13.2. The molecule has 1 heterocycles. The average molecular weight is 242 g/mol. The third-order valence-corrected chi connectivity index (χ3v) is 3.45. The Kier molecular flexibility index (Phi) is 2.67. The molecule has 4 heteroatoms. The van der Waals surface area contributed by atoms with Crippen LogP contribution in [0.1, 0.15) is 4.88 Å². The Labute approximate surface area is 96.3 Å². The number of benzene rings is 1. The van der Waals surface area contributed by atoms with E-state index in [9.17, 15) is 4.39 Å². The van der Waals surface area contributed by atoms with Gasteiger partial charge in [-0.1, -0.05) is 11.6 Å². The summed E-state index contributed by atoms with van der Waals surface area (Å²) in [5, 5.41) is 0.260. The highest BCUT2D eigenvalue weighted by Crippen LogP contribution is 2.36. The molecule has 1 aromatic carbocycles. The Morgan fingerprint density at radius 1 is 1.33 bits per heavy atom. The number of halogens is 2. The lowest BCUT2D eigenvalue weighted by molar-refractivity contribution is 0.628. The Balaban J connectivity index is 2.62. The van der Waals surface area contributed by atoms with Crippen molar-refractivity contribution >= 4 is 28.6 Å². The van der Waals surface area contributed by atoms with Gasteiger partial charge in [0.25, 0.3) is 0 Å². The van der Waals surface area contributed by atoms with E-state index in [1.54, 1.807) is 11.3 Å². The van der Waals surface area contributed by atoms with Crippen molar-refractivity contribution in [1.82, 2.24) is 0 Å². The second-order valence-electron chi connectivity index (χ2n) is 3.26. The third kappa shape index (κ3) is 1.98. The van der Waals surface area contributed by atoms with Crippen LogP contribution in [0.25, 0.3) is 10.4 Å². The maximum atomic E-state index is 13.2. The van der Waals surface area contributed by atoms with Gasteiger partial charge >= 0.3 is 0 Å². The van der Waals surface area contributed by atoms with Crippen LogP contribution in [0.4, 0.5) is 10.1 Å². The fraction of sp³-hybridized carbons (Fsp3) is 0.0909. The fourth-order valence-electron chi connectivity index (χ4n) is 1.37. The smallest absolute Gasteiger partial charge is 0.125 e. The summed E-state index contributed by atoms with van der Waals surface area (Å²) in [5.74, 6) is -0.366. The first kappa shape index (κ1) is 10.5. The van der Waals surface area contributed by atoms with Gasteiger partial charge in [0, 0.05) is 15.3 Å². The summed E-state index contributed by atoms with van der Waals surface area (Å²) in [4.78, 5) is 2.09. The third-order valence-electron chi connectivity index (χ3n) is 2.10. The fourth-order valence-corrected chi connectivity index (χ4v) is 2.47. The molecule has 0 amide bonds. The van der Waals surface area contributed by atoms with Gasteiger partial charge in [-0.05, 0) is 31.2 Å².